The van der Waals surface area contributed by atoms with Crippen LogP contribution in [0.25, 0.3) is 0 Å². The first kappa shape index (κ1) is 15.5. The largest absolute Gasteiger partial charge is 0.381 e. The molecule has 1 aliphatic heterocycles. The van der Waals surface area contributed by atoms with E-state index in [1.807, 2.05) is 6.07 Å². The maximum absolute atomic E-state index is 12.7. The molecule has 0 N–H and O–H groups in total. The minimum atomic E-state index is -3.46. The fourth-order valence-corrected chi connectivity index (χ4v) is 5.07. The van der Waals surface area contributed by atoms with Crippen LogP contribution in [0.3, 0.4) is 0 Å². The Labute approximate surface area is 131 Å². The summed E-state index contributed by atoms with van der Waals surface area (Å²) in [7, 11) is -1.72. The zero-order valence-corrected chi connectivity index (χ0v) is 13.5. The minimum Gasteiger partial charge on any atom is -0.381 e. The van der Waals surface area contributed by atoms with Crippen LogP contribution in [-0.4, -0.2) is 39.0 Å². The summed E-state index contributed by atoms with van der Waals surface area (Å²) in [6.07, 6.45) is 4.23. The van der Waals surface area contributed by atoms with Crippen molar-refractivity contribution in [2.45, 2.75) is 36.7 Å². The predicted molar refractivity (Wildman–Crippen MR) is 81.6 cm³/mol. The van der Waals surface area contributed by atoms with E-state index in [0.29, 0.717) is 18.7 Å². The van der Waals surface area contributed by atoms with Gasteiger partial charge in [0.15, 0.2) is 0 Å². The van der Waals surface area contributed by atoms with Crippen LogP contribution >= 0.6 is 0 Å². The number of nitriles is 1. The minimum absolute atomic E-state index is 0.186. The third kappa shape index (κ3) is 2.43. The Bertz CT molecular complexity index is 681. The molecule has 1 aliphatic carbocycles. The summed E-state index contributed by atoms with van der Waals surface area (Å²) in [4.78, 5) is 0.263. The van der Waals surface area contributed by atoms with Crippen molar-refractivity contribution < 1.29 is 13.2 Å². The number of sulfonamides is 1. The second kappa shape index (κ2) is 5.65. The van der Waals surface area contributed by atoms with Crippen LogP contribution < -0.4 is 0 Å². The molecule has 3 rings (SSSR count). The third-order valence-corrected chi connectivity index (χ3v) is 7.12. The van der Waals surface area contributed by atoms with Gasteiger partial charge in [0.05, 0.1) is 22.6 Å². The third-order valence-electron chi connectivity index (χ3n) is 5.21. The Morgan fingerprint density at radius 3 is 2.32 bits per heavy atom. The van der Waals surface area contributed by atoms with Gasteiger partial charge in [-0.1, -0.05) is 0 Å². The zero-order chi connectivity index (χ0) is 15.8. The highest BCUT2D eigenvalue weighted by Crippen LogP contribution is 2.50. The Morgan fingerprint density at radius 1 is 1.23 bits per heavy atom. The fraction of sp³-hybridized carbons (Fsp3) is 0.562. The quantitative estimate of drug-likeness (QED) is 0.855. The molecule has 0 amide bonds. The van der Waals surface area contributed by atoms with Crippen LogP contribution in [0.2, 0.25) is 0 Å². The van der Waals surface area contributed by atoms with Gasteiger partial charge in [0.25, 0.3) is 0 Å². The predicted octanol–water partition coefficient (Wildman–Crippen LogP) is 2.14. The van der Waals surface area contributed by atoms with Crippen molar-refractivity contribution in [3.8, 4) is 6.07 Å². The molecule has 5 nitrogen and oxygen atoms in total. The Balaban J connectivity index is 1.73. The van der Waals surface area contributed by atoms with E-state index < -0.39 is 10.0 Å². The van der Waals surface area contributed by atoms with Gasteiger partial charge in [-0.15, -0.1) is 0 Å². The lowest BCUT2D eigenvalue weighted by Gasteiger charge is -2.52. The molecule has 1 spiro atoms. The van der Waals surface area contributed by atoms with Crippen LogP contribution in [-0.2, 0) is 14.8 Å². The number of nitrogens with zero attached hydrogens (tertiary/aromatic N) is 2. The van der Waals surface area contributed by atoms with Gasteiger partial charge in [-0.3, -0.25) is 0 Å². The molecule has 0 bridgehead atoms. The molecule has 2 fully saturated rings. The first-order valence-electron chi connectivity index (χ1n) is 7.55. The number of ether oxygens (including phenoxy) is 1. The summed E-state index contributed by atoms with van der Waals surface area (Å²) in [5.41, 5.74) is 0.653. The Hall–Kier alpha value is -1.42. The van der Waals surface area contributed by atoms with Gasteiger partial charge in [-0.25, -0.2) is 8.42 Å². The van der Waals surface area contributed by atoms with E-state index in [-0.39, 0.29) is 16.4 Å². The Kier molecular flexibility index (Phi) is 3.98. The molecule has 1 saturated heterocycles. The summed E-state index contributed by atoms with van der Waals surface area (Å²) < 4.78 is 32.4. The molecule has 1 aromatic carbocycles. The topological polar surface area (TPSA) is 70.4 Å². The van der Waals surface area contributed by atoms with Crippen molar-refractivity contribution in [2.75, 3.05) is 20.2 Å². The molecule has 0 aromatic heterocycles. The van der Waals surface area contributed by atoms with Gasteiger partial charge in [-0.2, -0.15) is 9.57 Å². The van der Waals surface area contributed by atoms with E-state index in [1.165, 1.54) is 12.1 Å². The summed E-state index contributed by atoms with van der Waals surface area (Å²) >= 11 is 0. The van der Waals surface area contributed by atoms with E-state index in [0.717, 1.165) is 25.7 Å². The summed E-state index contributed by atoms with van der Waals surface area (Å²) in [6.45, 7) is 1.09. The second-order valence-electron chi connectivity index (χ2n) is 6.17. The van der Waals surface area contributed by atoms with Crippen LogP contribution in [0.15, 0.2) is 29.2 Å². The molecule has 1 aromatic rings. The molecule has 1 unspecified atom stereocenters. The van der Waals surface area contributed by atoms with Crippen molar-refractivity contribution >= 4 is 10.0 Å². The molecule has 1 atom stereocenters. The summed E-state index contributed by atoms with van der Waals surface area (Å²) in [5.74, 6) is 0. The fourth-order valence-electron chi connectivity index (χ4n) is 3.63. The monoisotopic (exact) mass is 320 g/mol. The molecular formula is C16H20N2O3S. The standard InChI is InChI=1S/C16H20N2O3S/c1-21-15-6-7-16(15)8-10-18(11-9-16)22(19,20)14-4-2-13(12-17)3-5-14/h2-5,15H,6-11H2,1H3. The van der Waals surface area contributed by atoms with Crippen molar-refractivity contribution in [3.63, 3.8) is 0 Å². The molecule has 1 saturated carbocycles. The van der Waals surface area contributed by atoms with E-state index in [2.05, 4.69) is 0 Å². The normalized spacial score (nSPS) is 24.6. The number of rotatable bonds is 3. The van der Waals surface area contributed by atoms with Crippen LogP contribution in [0.4, 0.5) is 0 Å². The molecule has 118 valence electrons. The number of methoxy groups -OCH3 is 1. The number of hydrogen-bond acceptors (Lipinski definition) is 4. The van der Waals surface area contributed by atoms with Gasteiger partial charge in [0, 0.05) is 20.2 Å². The van der Waals surface area contributed by atoms with E-state index >= 15 is 0 Å². The smallest absolute Gasteiger partial charge is 0.243 e. The number of benzene rings is 1. The first-order valence-corrected chi connectivity index (χ1v) is 8.99. The molecule has 22 heavy (non-hydrogen) atoms. The highest BCUT2D eigenvalue weighted by atomic mass is 32.2. The molecule has 2 aliphatic rings. The lowest BCUT2D eigenvalue weighted by Crippen LogP contribution is -2.53. The Morgan fingerprint density at radius 2 is 1.86 bits per heavy atom. The molecule has 0 radical (unpaired) electrons. The van der Waals surface area contributed by atoms with Crippen molar-refractivity contribution in [3.05, 3.63) is 29.8 Å². The highest BCUT2D eigenvalue weighted by molar-refractivity contribution is 7.89. The van der Waals surface area contributed by atoms with E-state index in [9.17, 15) is 8.42 Å². The summed E-state index contributed by atoms with van der Waals surface area (Å²) in [6, 6.07) is 8.12. The molecule has 6 heteroatoms. The van der Waals surface area contributed by atoms with Crippen molar-refractivity contribution in [2.24, 2.45) is 5.41 Å². The first-order chi connectivity index (χ1) is 10.5. The van der Waals surface area contributed by atoms with Crippen molar-refractivity contribution in [1.82, 2.24) is 4.31 Å². The van der Waals surface area contributed by atoms with Crippen molar-refractivity contribution in [1.29, 1.82) is 5.26 Å². The number of hydrogen-bond donors (Lipinski definition) is 0. The zero-order valence-electron chi connectivity index (χ0n) is 12.7. The molecule has 1 heterocycles. The highest BCUT2D eigenvalue weighted by Gasteiger charge is 2.49. The van der Waals surface area contributed by atoms with E-state index in [1.54, 1.807) is 23.5 Å². The maximum Gasteiger partial charge on any atom is 0.243 e. The van der Waals surface area contributed by atoms with Crippen LogP contribution in [0.1, 0.15) is 31.2 Å². The van der Waals surface area contributed by atoms with Gasteiger partial charge in [0.2, 0.25) is 10.0 Å². The average molecular weight is 320 g/mol. The van der Waals surface area contributed by atoms with Gasteiger partial charge in [-0.05, 0) is 55.4 Å². The van der Waals surface area contributed by atoms with E-state index in [4.69, 9.17) is 10.00 Å². The average Bonchev–Trinajstić information content (AvgIpc) is 2.54. The van der Waals surface area contributed by atoms with Crippen LogP contribution in [0, 0.1) is 16.7 Å². The lowest BCUT2D eigenvalue weighted by atomic mass is 9.61. The lowest BCUT2D eigenvalue weighted by molar-refractivity contribution is -0.113. The second-order valence-corrected chi connectivity index (χ2v) is 8.10. The number of piperidine rings is 1. The summed E-state index contributed by atoms with van der Waals surface area (Å²) in [5, 5.41) is 8.80. The van der Waals surface area contributed by atoms with Gasteiger partial charge < -0.3 is 4.74 Å². The van der Waals surface area contributed by atoms with Crippen LogP contribution in [0.5, 0.6) is 0 Å². The SMILES string of the molecule is COC1CCC12CCN(S(=O)(=O)c1ccc(C#N)cc1)CC2. The van der Waals surface area contributed by atoms with Gasteiger partial charge in [0.1, 0.15) is 0 Å². The van der Waals surface area contributed by atoms with Gasteiger partial charge >= 0.3 is 0 Å². The molecular weight excluding hydrogens is 300 g/mol. The maximum atomic E-state index is 12.7.